The number of benzene rings is 1. The van der Waals surface area contributed by atoms with Gasteiger partial charge in [-0.1, -0.05) is 37.3 Å². The van der Waals surface area contributed by atoms with Crippen LogP contribution in [0.5, 0.6) is 0 Å². The molecule has 2 heterocycles. The van der Waals surface area contributed by atoms with Crippen molar-refractivity contribution in [3.63, 3.8) is 0 Å². The molecule has 0 amide bonds. The highest BCUT2D eigenvalue weighted by molar-refractivity contribution is 7.89. The first-order chi connectivity index (χ1) is 12.3. The molecule has 2 N–H and O–H groups in total. The quantitative estimate of drug-likeness (QED) is 0.801. The van der Waals surface area contributed by atoms with Crippen molar-refractivity contribution >= 4 is 16.0 Å². The maximum Gasteiger partial charge on any atom is 0.300 e. The van der Waals surface area contributed by atoms with Crippen molar-refractivity contribution in [3.8, 4) is 0 Å². The lowest BCUT2D eigenvalue weighted by atomic mass is 10.1. The Labute approximate surface area is 155 Å². The highest BCUT2D eigenvalue weighted by atomic mass is 32.2. The summed E-state index contributed by atoms with van der Waals surface area (Å²) in [6.07, 6.45) is 1.57. The Morgan fingerprint density at radius 1 is 1.31 bits per heavy atom. The Morgan fingerprint density at radius 3 is 2.58 bits per heavy atom. The molecule has 0 saturated carbocycles. The first-order valence-corrected chi connectivity index (χ1v) is 10.6. The summed E-state index contributed by atoms with van der Waals surface area (Å²) >= 11 is 0. The van der Waals surface area contributed by atoms with Gasteiger partial charge in [-0.15, -0.1) is 0 Å². The average Bonchev–Trinajstić information content (AvgIpc) is 2.95. The first kappa shape index (κ1) is 20.8. The van der Waals surface area contributed by atoms with Crippen LogP contribution in [0.25, 0.3) is 0 Å². The third-order valence-corrected chi connectivity index (χ3v) is 6.05. The number of sulfonamides is 1. The Morgan fingerprint density at radius 2 is 1.96 bits per heavy atom. The van der Waals surface area contributed by atoms with Gasteiger partial charge in [0.15, 0.2) is 0 Å². The van der Waals surface area contributed by atoms with E-state index in [1.165, 1.54) is 5.56 Å². The molecule has 7 nitrogen and oxygen atoms in total. The molecule has 3 rings (SSSR count). The van der Waals surface area contributed by atoms with E-state index in [1.807, 2.05) is 25.1 Å². The number of carbonyl (C=O) groups is 1. The minimum Gasteiger partial charge on any atom is -0.481 e. The third-order valence-electron chi connectivity index (χ3n) is 4.41. The number of morpholine rings is 1. The van der Waals surface area contributed by atoms with Crippen molar-refractivity contribution in [2.45, 2.75) is 44.9 Å². The average molecular weight is 384 g/mol. The molecule has 2 aliphatic rings. The second kappa shape index (κ2) is 9.45. The first-order valence-electron chi connectivity index (χ1n) is 8.91. The van der Waals surface area contributed by atoms with Gasteiger partial charge >= 0.3 is 0 Å². The van der Waals surface area contributed by atoms with Crippen LogP contribution < -0.4 is 4.72 Å². The van der Waals surface area contributed by atoms with E-state index < -0.39 is 16.0 Å². The summed E-state index contributed by atoms with van der Waals surface area (Å²) in [5.74, 6) is -0.628. The van der Waals surface area contributed by atoms with Crippen LogP contribution in [0.1, 0.15) is 38.4 Å². The fourth-order valence-electron chi connectivity index (χ4n) is 3.41. The summed E-state index contributed by atoms with van der Waals surface area (Å²) in [6, 6.07) is 10.6. The Kier molecular flexibility index (Phi) is 7.57. The van der Waals surface area contributed by atoms with E-state index in [2.05, 4.69) is 21.8 Å². The highest BCUT2D eigenvalue weighted by Gasteiger charge is 2.38. The Bertz CT molecular complexity index is 676. The number of hydrogen-bond donors (Lipinski definition) is 2. The van der Waals surface area contributed by atoms with E-state index in [4.69, 9.17) is 14.6 Å². The lowest BCUT2D eigenvalue weighted by Crippen LogP contribution is -2.43. The lowest BCUT2D eigenvalue weighted by Gasteiger charge is -2.35. The molecule has 0 unspecified atom stereocenters. The normalized spacial score (nSPS) is 25.8. The molecule has 0 bridgehead atoms. The van der Waals surface area contributed by atoms with Gasteiger partial charge in [-0.05, 0) is 18.4 Å². The van der Waals surface area contributed by atoms with Crippen LogP contribution in [-0.2, 0) is 19.6 Å². The standard InChI is InChI=1S/C16H24N2O3S.C2H4O2/c1-2-8-22(19,20)17-14-9-15-12-21-16(11-18(15)10-14)13-6-4-3-5-7-13;1-2(3)4/h3-7,14-17H,2,8-12H2,1H3;1H3,(H,3,4)/t14-,15+,16-;/m1./s1. The SMILES string of the molecule is CC(=O)O.CCCS(=O)(=O)N[C@@H]1C[C@H]2CO[C@@H](c3ccccc3)CN2C1. The summed E-state index contributed by atoms with van der Waals surface area (Å²) in [5.41, 5.74) is 1.19. The van der Waals surface area contributed by atoms with E-state index in [1.54, 1.807) is 0 Å². The third kappa shape index (κ3) is 6.35. The summed E-state index contributed by atoms with van der Waals surface area (Å²) in [6.45, 7) is 5.25. The fourth-order valence-corrected chi connectivity index (χ4v) is 4.74. The minimum absolute atomic E-state index is 0.0136. The second-order valence-electron chi connectivity index (χ2n) is 6.73. The van der Waals surface area contributed by atoms with Gasteiger partial charge in [0.2, 0.25) is 10.0 Å². The zero-order valence-electron chi connectivity index (χ0n) is 15.3. The van der Waals surface area contributed by atoms with E-state index in [0.29, 0.717) is 19.1 Å². The number of nitrogens with one attached hydrogen (secondary N) is 1. The lowest BCUT2D eigenvalue weighted by molar-refractivity contribution is -0.134. The molecule has 1 aromatic carbocycles. The van der Waals surface area contributed by atoms with E-state index in [9.17, 15) is 8.42 Å². The molecule has 8 heteroatoms. The van der Waals surface area contributed by atoms with Gasteiger partial charge in [0.05, 0.1) is 18.5 Å². The number of hydrogen-bond acceptors (Lipinski definition) is 5. The van der Waals surface area contributed by atoms with Gasteiger partial charge in [-0.25, -0.2) is 13.1 Å². The molecule has 1 aromatic rings. The van der Waals surface area contributed by atoms with Crippen molar-refractivity contribution in [2.24, 2.45) is 0 Å². The smallest absolute Gasteiger partial charge is 0.300 e. The topological polar surface area (TPSA) is 95.9 Å². The number of aliphatic carboxylic acids is 1. The Balaban J connectivity index is 0.000000552. The van der Waals surface area contributed by atoms with Crippen LogP contribution in [0.2, 0.25) is 0 Å². The summed E-state index contributed by atoms with van der Waals surface area (Å²) < 4.78 is 32.7. The molecule has 2 aliphatic heterocycles. The molecule has 0 aromatic heterocycles. The van der Waals surface area contributed by atoms with E-state index >= 15 is 0 Å². The fraction of sp³-hybridized carbons (Fsp3) is 0.611. The molecule has 0 radical (unpaired) electrons. The number of carboxylic acid groups (broad SMARTS) is 1. The largest absolute Gasteiger partial charge is 0.481 e. The van der Waals surface area contributed by atoms with Crippen LogP contribution in [0.15, 0.2) is 30.3 Å². The van der Waals surface area contributed by atoms with Gasteiger partial charge in [-0.2, -0.15) is 0 Å². The van der Waals surface area contributed by atoms with Crippen molar-refractivity contribution < 1.29 is 23.1 Å². The van der Waals surface area contributed by atoms with Gasteiger partial charge in [0, 0.05) is 32.1 Å². The Hall–Kier alpha value is -1.48. The molecular formula is C18H28N2O5S. The van der Waals surface area contributed by atoms with E-state index in [-0.39, 0.29) is 17.9 Å². The van der Waals surface area contributed by atoms with Crippen molar-refractivity contribution in [3.05, 3.63) is 35.9 Å². The van der Waals surface area contributed by atoms with Gasteiger partial charge in [-0.3, -0.25) is 9.69 Å². The van der Waals surface area contributed by atoms with Gasteiger partial charge < -0.3 is 9.84 Å². The summed E-state index contributed by atoms with van der Waals surface area (Å²) in [5, 5.41) is 7.42. The van der Waals surface area contributed by atoms with Gasteiger partial charge in [0.1, 0.15) is 0 Å². The zero-order valence-corrected chi connectivity index (χ0v) is 16.1. The molecule has 2 fully saturated rings. The molecule has 0 spiro atoms. The number of rotatable bonds is 5. The summed E-state index contributed by atoms with van der Waals surface area (Å²) in [4.78, 5) is 11.4. The number of fused-ring (bicyclic) bond motifs is 1. The highest BCUT2D eigenvalue weighted by Crippen LogP contribution is 2.30. The zero-order chi connectivity index (χ0) is 19.2. The molecule has 26 heavy (non-hydrogen) atoms. The maximum atomic E-state index is 11.9. The van der Waals surface area contributed by atoms with Crippen molar-refractivity contribution in [1.29, 1.82) is 0 Å². The second-order valence-corrected chi connectivity index (χ2v) is 8.60. The van der Waals surface area contributed by atoms with Crippen LogP contribution in [0.4, 0.5) is 0 Å². The van der Waals surface area contributed by atoms with Crippen molar-refractivity contribution in [1.82, 2.24) is 9.62 Å². The predicted octanol–water partition coefficient (Wildman–Crippen LogP) is 1.62. The number of nitrogens with zero attached hydrogens (tertiary/aromatic N) is 1. The van der Waals surface area contributed by atoms with E-state index in [0.717, 1.165) is 26.4 Å². The monoisotopic (exact) mass is 384 g/mol. The molecule has 146 valence electrons. The number of carboxylic acids is 1. The van der Waals surface area contributed by atoms with Crippen LogP contribution in [0.3, 0.4) is 0 Å². The van der Waals surface area contributed by atoms with Gasteiger partial charge in [0.25, 0.3) is 5.97 Å². The molecule has 0 aliphatic carbocycles. The molecule has 3 atom stereocenters. The van der Waals surface area contributed by atoms with Crippen LogP contribution in [-0.4, -0.2) is 61.9 Å². The predicted molar refractivity (Wildman–Crippen MR) is 99.4 cm³/mol. The summed E-state index contributed by atoms with van der Waals surface area (Å²) in [7, 11) is -3.14. The molecule has 2 saturated heterocycles. The van der Waals surface area contributed by atoms with Crippen molar-refractivity contribution in [2.75, 3.05) is 25.4 Å². The van der Waals surface area contributed by atoms with Crippen LogP contribution >= 0.6 is 0 Å². The van der Waals surface area contributed by atoms with Crippen LogP contribution in [0, 0.1) is 0 Å². The minimum atomic E-state index is -3.14. The molecular weight excluding hydrogens is 356 g/mol. The number of ether oxygens (including phenoxy) is 1. The maximum absolute atomic E-state index is 11.9.